The van der Waals surface area contributed by atoms with Crippen LogP contribution in [0.25, 0.3) is 0 Å². The minimum atomic E-state index is 0.0183. The molecule has 2 rings (SSSR count). The molecular weight excluding hydrogens is 320 g/mol. The lowest BCUT2D eigenvalue weighted by Crippen LogP contribution is -2.50. The first kappa shape index (κ1) is 15.4. The van der Waals surface area contributed by atoms with Gasteiger partial charge < -0.3 is 9.80 Å². The van der Waals surface area contributed by atoms with E-state index < -0.39 is 0 Å². The minimum Gasteiger partial charge on any atom is -0.335 e. The van der Waals surface area contributed by atoms with Crippen molar-refractivity contribution in [2.75, 3.05) is 53.4 Å². The zero-order valence-corrected chi connectivity index (χ0v) is 13.6. The average Bonchev–Trinajstić information content (AvgIpc) is 2.45. The highest BCUT2D eigenvalue weighted by Crippen LogP contribution is 2.16. The Balaban J connectivity index is 1.88. The molecule has 1 aliphatic heterocycles. The van der Waals surface area contributed by atoms with Gasteiger partial charge in [-0.3, -0.25) is 9.69 Å². The summed E-state index contributed by atoms with van der Waals surface area (Å²) in [6, 6.07) is 3.67. The Morgan fingerprint density at radius 2 is 2.05 bits per heavy atom. The van der Waals surface area contributed by atoms with Crippen LogP contribution >= 0.6 is 15.9 Å². The van der Waals surface area contributed by atoms with E-state index in [2.05, 4.69) is 44.8 Å². The Kier molecular flexibility index (Phi) is 5.51. The van der Waals surface area contributed by atoms with Crippen LogP contribution in [0.3, 0.4) is 0 Å². The fourth-order valence-corrected chi connectivity index (χ4v) is 2.63. The molecule has 2 heterocycles. The third-order valence-electron chi connectivity index (χ3n) is 3.48. The molecule has 1 saturated heterocycles. The maximum atomic E-state index is 12.4. The molecule has 0 bridgehead atoms. The highest BCUT2D eigenvalue weighted by atomic mass is 79.9. The predicted molar refractivity (Wildman–Crippen MR) is 82.8 cm³/mol. The Labute approximate surface area is 128 Å². The van der Waals surface area contributed by atoms with E-state index >= 15 is 0 Å². The maximum absolute atomic E-state index is 12.4. The summed E-state index contributed by atoms with van der Waals surface area (Å²) >= 11 is 3.39. The first-order chi connectivity index (χ1) is 9.58. The Morgan fingerprint density at radius 3 is 2.65 bits per heavy atom. The molecule has 0 aliphatic carbocycles. The number of hydrogen-bond donors (Lipinski definition) is 0. The summed E-state index contributed by atoms with van der Waals surface area (Å²) < 4.78 is 0.764. The number of hydrogen-bond acceptors (Lipinski definition) is 4. The summed E-state index contributed by atoms with van der Waals surface area (Å²) in [5.74, 6) is 0.0183. The number of pyridine rings is 1. The minimum absolute atomic E-state index is 0.0183. The second-order valence-electron chi connectivity index (χ2n) is 5.27. The number of amides is 1. The van der Waals surface area contributed by atoms with Gasteiger partial charge in [-0.05, 0) is 42.2 Å². The van der Waals surface area contributed by atoms with Crippen LogP contribution < -0.4 is 0 Å². The van der Waals surface area contributed by atoms with Crippen LogP contribution in [0.5, 0.6) is 0 Å². The predicted octanol–water partition coefficient (Wildman–Crippen LogP) is 1.16. The van der Waals surface area contributed by atoms with E-state index in [0.29, 0.717) is 5.69 Å². The van der Waals surface area contributed by atoms with E-state index in [9.17, 15) is 4.79 Å². The molecule has 0 spiro atoms. The van der Waals surface area contributed by atoms with Gasteiger partial charge in [-0.25, -0.2) is 4.98 Å². The molecule has 1 aliphatic rings. The highest BCUT2D eigenvalue weighted by molar-refractivity contribution is 9.10. The van der Waals surface area contributed by atoms with Gasteiger partial charge in [0.1, 0.15) is 5.69 Å². The zero-order chi connectivity index (χ0) is 14.5. The summed E-state index contributed by atoms with van der Waals surface area (Å²) in [4.78, 5) is 23.0. The summed E-state index contributed by atoms with van der Waals surface area (Å²) in [6.45, 7) is 5.53. The molecule has 0 unspecified atom stereocenters. The SMILES string of the molecule is CN(C)CCN1CCN(C(=O)c2ncccc2Br)CC1. The van der Waals surface area contributed by atoms with E-state index in [1.807, 2.05) is 17.0 Å². The van der Waals surface area contributed by atoms with Crippen LogP contribution in [-0.4, -0.2) is 79.0 Å². The Morgan fingerprint density at radius 1 is 1.35 bits per heavy atom. The average molecular weight is 341 g/mol. The molecule has 0 atom stereocenters. The molecule has 5 nitrogen and oxygen atoms in total. The molecule has 110 valence electrons. The quantitative estimate of drug-likeness (QED) is 0.824. The number of rotatable bonds is 4. The smallest absolute Gasteiger partial charge is 0.273 e. The summed E-state index contributed by atoms with van der Waals surface area (Å²) in [5.41, 5.74) is 0.509. The van der Waals surface area contributed by atoms with E-state index in [1.165, 1.54) is 0 Å². The van der Waals surface area contributed by atoms with E-state index in [0.717, 1.165) is 43.7 Å². The number of halogens is 1. The fraction of sp³-hybridized carbons (Fsp3) is 0.571. The van der Waals surface area contributed by atoms with Crippen LogP contribution in [0, 0.1) is 0 Å². The Hall–Kier alpha value is -0.980. The standard InChI is InChI=1S/C14H21BrN4O/c1-17(2)6-7-18-8-10-19(11-9-18)14(20)13-12(15)4-3-5-16-13/h3-5H,6-11H2,1-2H3. The van der Waals surface area contributed by atoms with Crippen LogP contribution in [0.15, 0.2) is 22.8 Å². The van der Waals surface area contributed by atoms with Crippen molar-refractivity contribution in [2.45, 2.75) is 0 Å². The van der Waals surface area contributed by atoms with E-state index in [1.54, 1.807) is 6.20 Å². The fourth-order valence-electron chi connectivity index (χ4n) is 2.21. The van der Waals surface area contributed by atoms with Crippen molar-refractivity contribution in [1.29, 1.82) is 0 Å². The molecule has 1 aromatic rings. The molecule has 1 amide bonds. The van der Waals surface area contributed by atoms with Crippen molar-refractivity contribution in [3.05, 3.63) is 28.5 Å². The van der Waals surface area contributed by atoms with Gasteiger partial charge in [-0.1, -0.05) is 0 Å². The molecule has 0 aromatic carbocycles. The summed E-state index contributed by atoms with van der Waals surface area (Å²) in [5, 5.41) is 0. The number of likely N-dealkylation sites (N-methyl/N-ethyl adjacent to an activating group) is 1. The lowest BCUT2D eigenvalue weighted by Gasteiger charge is -2.35. The second kappa shape index (κ2) is 7.15. The summed E-state index contributed by atoms with van der Waals surface area (Å²) in [7, 11) is 4.16. The van der Waals surface area contributed by atoms with Crippen LogP contribution in [-0.2, 0) is 0 Å². The van der Waals surface area contributed by atoms with Gasteiger partial charge in [-0.2, -0.15) is 0 Å². The molecule has 0 radical (unpaired) electrons. The number of piperazine rings is 1. The topological polar surface area (TPSA) is 39.7 Å². The number of carbonyl (C=O) groups is 1. The van der Waals surface area contributed by atoms with Crippen molar-refractivity contribution in [3.63, 3.8) is 0 Å². The largest absolute Gasteiger partial charge is 0.335 e. The van der Waals surface area contributed by atoms with Crippen LogP contribution in [0.2, 0.25) is 0 Å². The van der Waals surface area contributed by atoms with Gasteiger partial charge >= 0.3 is 0 Å². The molecule has 0 saturated carbocycles. The summed E-state index contributed by atoms with van der Waals surface area (Å²) in [6.07, 6.45) is 1.66. The van der Waals surface area contributed by atoms with Crippen molar-refractivity contribution in [3.8, 4) is 0 Å². The second-order valence-corrected chi connectivity index (χ2v) is 6.13. The number of nitrogens with zero attached hydrogens (tertiary/aromatic N) is 4. The third kappa shape index (κ3) is 4.01. The van der Waals surface area contributed by atoms with E-state index in [-0.39, 0.29) is 5.91 Å². The maximum Gasteiger partial charge on any atom is 0.273 e. The van der Waals surface area contributed by atoms with Gasteiger partial charge in [0.2, 0.25) is 0 Å². The Bertz CT molecular complexity index is 458. The van der Waals surface area contributed by atoms with Crippen LogP contribution in [0.4, 0.5) is 0 Å². The van der Waals surface area contributed by atoms with Gasteiger partial charge in [-0.15, -0.1) is 0 Å². The molecule has 20 heavy (non-hydrogen) atoms. The van der Waals surface area contributed by atoms with Crippen molar-refractivity contribution in [1.82, 2.24) is 19.7 Å². The van der Waals surface area contributed by atoms with Gasteiger partial charge in [0.05, 0.1) is 0 Å². The lowest BCUT2D eigenvalue weighted by atomic mass is 10.2. The molecule has 0 N–H and O–H groups in total. The van der Waals surface area contributed by atoms with E-state index in [4.69, 9.17) is 0 Å². The highest BCUT2D eigenvalue weighted by Gasteiger charge is 2.23. The molecule has 6 heteroatoms. The van der Waals surface area contributed by atoms with Crippen LogP contribution in [0.1, 0.15) is 10.5 Å². The number of carbonyl (C=O) groups excluding carboxylic acids is 1. The van der Waals surface area contributed by atoms with Gasteiger partial charge in [0, 0.05) is 49.9 Å². The number of aromatic nitrogens is 1. The first-order valence-corrected chi connectivity index (χ1v) is 7.64. The van der Waals surface area contributed by atoms with Crippen molar-refractivity contribution in [2.24, 2.45) is 0 Å². The normalized spacial score (nSPS) is 16.7. The lowest BCUT2D eigenvalue weighted by molar-refractivity contribution is 0.0623. The zero-order valence-electron chi connectivity index (χ0n) is 12.0. The van der Waals surface area contributed by atoms with Crippen molar-refractivity contribution < 1.29 is 4.79 Å². The monoisotopic (exact) mass is 340 g/mol. The molecule has 1 fully saturated rings. The van der Waals surface area contributed by atoms with Gasteiger partial charge in [0.25, 0.3) is 5.91 Å². The molecular formula is C14H21BrN4O. The van der Waals surface area contributed by atoms with Gasteiger partial charge in [0.15, 0.2) is 0 Å². The third-order valence-corrected chi connectivity index (χ3v) is 4.12. The van der Waals surface area contributed by atoms with Crippen molar-refractivity contribution >= 4 is 21.8 Å². The first-order valence-electron chi connectivity index (χ1n) is 6.85. The molecule has 1 aromatic heterocycles.